The first-order valence-corrected chi connectivity index (χ1v) is 10.5. The lowest BCUT2D eigenvalue weighted by Crippen LogP contribution is -2.42. The van der Waals surface area contributed by atoms with E-state index in [9.17, 15) is 27.2 Å². The average molecular weight is 517 g/mol. The predicted octanol–water partition coefficient (Wildman–Crippen LogP) is 5.46. The van der Waals surface area contributed by atoms with Crippen LogP contribution in [0.2, 0.25) is 10.0 Å². The van der Waals surface area contributed by atoms with E-state index in [1.807, 2.05) is 0 Å². The van der Waals surface area contributed by atoms with Crippen LogP contribution in [0.3, 0.4) is 0 Å². The van der Waals surface area contributed by atoms with Crippen molar-refractivity contribution < 1.29 is 31.6 Å². The van der Waals surface area contributed by atoms with E-state index >= 15 is 0 Å². The van der Waals surface area contributed by atoms with E-state index in [1.165, 1.54) is 25.1 Å². The average Bonchev–Trinajstić information content (AvgIpc) is 3.22. The molecule has 1 aliphatic rings. The SMILES string of the molecule is CC(=O)NCc1ccc(C2=NOC(c3cc(Cl)c(F)c(Cl)c3)(C(F)(F)F)C2)c2ccc(=O)oc12. The number of nitrogens with one attached hydrogen (secondary N) is 1. The van der Waals surface area contributed by atoms with Gasteiger partial charge in [-0.25, -0.2) is 9.18 Å². The molecule has 2 heterocycles. The molecule has 0 aliphatic carbocycles. The maximum Gasteiger partial charge on any atom is 0.435 e. The lowest BCUT2D eigenvalue weighted by atomic mass is 9.85. The van der Waals surface area contributed by atoms with Crippen molar-refractivity contribution in [1.82, 2.24) is 5.32 Å². The minimum atomic E-state index is -4.98. The Labute approximate surface area is 199 Å². The normalized spacial score (nSPS) is 18.0. The van der Waals surface area contributed by atoms with Crippen molar-refractivity contribution in [3.8, 4) is 0 Å². The molecule has 6 nitrogen and oxygen atoms in total. The predicted molar refractivity (Wildman–Crippen MR) is 116 cm³/mol. The second-order valence-corrected chi connectivity index (χ2v) is 8.38. The van der Waals surface area contributed by atoms with Crippen LogP contribution in [0.25, 0.3) is 11.0 Å². The number of halogens is 6. The van der Waals surface area contributed by atoms with Crippen LogP contribution in [0, 0.1) is 5.82 Å². The fourth-order valence-corrected chi connectivity index (χ4v) is 4.15. The molecular weight excluding hydrogens is 503 g/mol. The van der Waals surface area contributed by atoms with Gasteiger partial charge in [-0.2, -0.15) is 13.2 Å². The number of nitrogens with zero attached hydrogens (tertiary/aromatic N) is 1. The molecule has 1 unspecified atom stereocenters. The van der Waals surface area contributed by atoms with Crippen LogP contribution in [0.1, 0.15) is 30.0 Å². The van der Waals surface area contributed by atoms with Gasteiger partial charge in [0.2, 0.25) is 5.91 Å². The van der Waals surface area contributed by atoms with Gasteiger partial charge in [0.15, 0.2) is 5.82 Å². The van der Waals surface area contributed by atoms with E-state index in [4.69, 9.17) is 32.5 Å². The topological polar surface area (TPSA) is 80.9 Å². The molecule has 12 heteroatoms. The van der Waals surface area contributed by atoms with Gasteiger partial charge in [0.05, 0.1) is 15.8 Å². The number of rotatable bonds is 4. The molecule has 1 aliphatic heterocycles. The van der Waals surface area contributed by atoms with Gasteiger partial charge in [0, 0.05) is 48.0 Å². The van der Waals surface area contributed by atoms with Crippen molar-refractivity contribution in [1.29, 1.82) is 0 Å². The molecule has 0 spiro atoms. The molecule has 0 radical (unpaired) electrons. The van der Waals surface area contributed by atoms with Crippen LogP contribution in [0.15, 0.2) is 50.8 Å². The third-order valence-corrected chi connectivity index (χ3v) is 5.89. The van der Waals surface area contributed by atoms with Gasteiger partial charge in [-0.15, -0.1) is 0 Å². The molecular formula is C22H14Cl2F4N2O4. The number of benzene rings is 2. The van der Waals surface area contributed by atoms with Gasteiger partial charge in [-0.05, 0) is 18.2 Å². The largest absolute Gasteiger partial charge is 0.435 e. The number of hydrogen-bond acceptors (Lipinski definition) is 5. The van der Waals surface area contributed by atoms with Crippen LogP contribution < -0.4 is 10.9 Å². The molecule has 2 aromatic carbocycles. The highest BCUT2D eigenvalue weighted by Crippen LogP contribution is 2.50. The number of amides is 1. The van der Waals surface area contributed by atoms with Gasteiger partial charge in [-0.3, -0.25) is 4.79 Å². The summed E-state index contributed by atoms with van der Waals surface area (Å²) in [5.74, 6) is -1.38. The molecule has 34 heavy (non-hydrogen) atoms. The Morgan fingerprint density at radius 1 is 1.18 bits per heavy atom. The Balaban J connectivity index is 1.81. The van der Waals surface area contributed by atoms with E-state index in [1.54, 1.807) is 0 Å². The van der Waals surface area contributed by atoms with Crippen molar-refractivity contribution >= 4 is 45.8 Å². The summed E-state index contributed by atoms with van der Waals surface area (Å²) in [5.41, 5.74) is -3.54. The molecule has 1 amide bonds. The fourth-order valence-electron chi connectivity index (χ4n) is 3.66. The van der Waals surface area contributed by atoms with E-state index < -0.39 is 45.2 Å². The maximum absolute atomic E-state index is 14.3. The Morgan fingerprint density at radius 2 is 1.85 bits per heavy atom. The summed E-state index contributed by atoms with van der Waals surface area (Å²) in [4.78, 5) is 28.0. The lowest BCUT2D eigenvalue weighted by molar-refractivity contribution is -0.275. The van der Waals surface area contributed by atoms with E-state index in [-0.39, 0.29) is 34.7 Å². The number of fused-ring (bicyclic) bond motifs is 1. The zero-order chi connectivity index (χ0) is 24.8. The highest BCUT2D eigenvalue weighted by Gasteiger charge is 2.62. The van der Waals surface area contributed by atoms with Crippen LogP contribution in [0.5, 0.6) is 0 Å². The summed E-state index contributed by atoms with van der Waals surface area (Å²) in [7, 11) is 0. The number of hydrogen-bond donors (Lipinski definition) is 1. The second kappa shape index (κ2) is 8.59. The molecule has 3 aromatic rings. The molecule has 0 fully saturated rings. The van der Waals surface area contributed by atoms with Gasteiger partial charge in [-0.1, -0.05) is 40.5 Å². The smallest absolute Gasteiger partial charge is 0.422 e. The molecule has 0 saturated heterocycles. The molecule has 0 bridgehead atoms. The summed E-state index contributed by atoms with van der Waals surface area (Å²) in [5, 5.41) is 5.35. The first-order valence-electron chi connectivity index (χ1n) is 9.70. The van der Waals surface area contributed by atoms with E-state index in [2.05, 4.69) is 10.5 Å². The molecule has 0 saturated carbocycles. The quantitative estimate of drug-likeness (QED) is 0.283. The van der Waals surface area contributed by atoms with Gasteiger partial charge >= 0.3 is 11.8 Å². The monoisotopic (exact) mass is 516 g/mol. The van der Waals surface area contributed by atoms with E-state index in [0.29, 0.717) is 5.56 Å². The maximum atomic E-state index is 14.3. The molecule has 1 aromatic heterocycles. The molecule has 178 valence electrons. The fraction of sp³-hybridized carbons (Fsp3) is 0.227. The van der Waals surface area contributed by atoms with Crippen molar-refractivity contribution in [3.05, 3.63) is 79.4 Å². The Morgan fingerprint density at radius 3 is 2.47 bits per heavy atom. The summed E-state index contributed by atoms with van der Waals surface area (Å²) in [6.07, 6.45) is -5.76. The third kappa shape index (κ3) is 4.12. The third-order valence-electron chi connectivity index (χ3n) is 5.34. The molecule has 4 rings (SSSR count). The highest BCUT2D eigenvalue weighted by molar-refractivity contribution is 6.35. The van der Waals surface area contributed by atoms with Crippen molar-refractivity contribution in [2.24, 2.45) is 5.16 Å². The first kappa shape index (κ1) is 24.0. The summed E-state index contributed by atoms with van der Waals surface area (Å²) >= 11 is 11.5. The first-order chi connectivity index (χ1) is 15.9. The van der Waals surface area contributed by atoms with Crippen LogP contribution >= 0.6 is 23.2 Å². The minimum Gasteiger partial charge on any atom is -0.422 e. The standard InChI is InChI=1S/C22H14Cl2F4N2O4/c1-10(31)29-9-11-2-3-13(14-4-5-18(32)33-20(11)14)17-8-21(34-30-17,22(26,27)28)12-6-15(23)19(25)16(24)7-12/h2-7H,8-9H2,1H3,(H,29,31). The number of carbonyl (C=O) groups excluding carboxylic acids is 1. The Bertz CT molecular complexity index is 1380. The van der Waals surface area contributed by atoms with Crippen molar-refractivity contribution in [2.75, 3.05) is 0 Å². The number of oxime groups is 1. The molecule has 1 atom stereocenters. The zero-order valence-corrected chi connectivity index (χ0v) is 18.7. The number of carbonyl (C=O) groups is 1. The van der Waals surface area contributed by atoms with Crippen molar-refractivity contribution in [2.45, 2.75) is 31.7 Å². The van der Waals surface area contributed by atoms with Gasteiger partial charge in [0.25, 0.3) is 5.60 Å². The summed E-state index contributed by atoms with van der Waals surface area (Å²) < 4.78 is 62.0. The van der Waals surface area contributed by atoms with Crippen LogP contribution in [0.4, 0.5) is 17.6 Å². The summed E-state index contributed by atoms with van der Waals surface area (Å²) in [6, 6.07) is 7.07. The highest BCUT2D eigenvalue weighted by atomic mass is 35.5. The lowest BCUT2D eigenvalue weighted by Gasteiger charge is -2.29. The van der Waals surface area contributed by atoms with Crippen molar-refractivity contribution in [3.63, 3.8) is 0 Å². The summed E-state index contributed by atoms with van der Waals surface area (Å²) in [6.45, 7) is 1.34. The molecule has 1 N–H and O–H groups in total. The second-order valence-electron chi connectivity index (χ2n) is 7.56. The minimum absolute atomic E-state index is 0.0289. The van der Waals surface area contributed by atoms with E-state index in [0.717, 1.165) is 18.2 Å². The zero-order valence-electron chi connectivity index (χ0n) is 17.2. The van der Waals surface area contributed by atoms with Crippen LogP contribution in [-0.2, 0) is 21.8 Å². The Hall–Kier alpha value is -3.11. The number of alkyl halides is 3. The Kier molecular flexibility index (Phi) is 6.07. The van der Waals surface area contributed by atoms with Crippen LogP contribution in [-0.4, -0.2) is 17.8 Å². The van der Waals surface area contributed by atoms with Gasteiger partial charge < -0.3 is 14.6 Å². The van der Waals surface area contributed by atoms with Gasteiger partial charge in [0.1, 0.15) is 5.58 Å².